The van der Waals surface area contributed by atoms with E-state index in [0.717, 1.165) is 21.9 Å². The molecule has 35 heavy (non-hydrogen) atoms. The van der Waals surface area contributed by atoms with Gasteiger partial charge in [-0.15, -0.1) is 0 Å². The number of hydrogen-bond donors (Lipinski definition) is 0. The van der Waals surface area contributed by atoms with E-state index in [1.165, 1.54) is 0 Å². The van der Waals surface area contributed by atoms with E-state index >= 15 is 0 Å². The number of fused-ring (bicyclic) bond motifs is 3. The lowest BCUT2D eigenvalue weighted by Crippen LogP contribution is -2.59. The van der Waals surface area contributed by atoms with Crippen LogP contribution in [0.3, 0.4) is 0 Å². The van der Waals surface area contributed by atoms with Crippen molar-refractivity contribution in [3.05, 3.63) is 118 Å². The zero-order valence-corrected chi connectivity index (χ0v) is 19.7. The number of rotatable bonds is 1. The molecular weight excluding hydrogens is 458 g/mol. The average molecular weight is 478 g/mol. The van der Waals surface area contributed by atoms with Crippen molar-refractivity contribution < 1.29 is 14.4 Å². The average Bonchev–Trinajstić information content (AvgIpc) is 3.40. The second-order valence-electron chi connectivity index (χ2n) is 9.75. The second-order valence-corrected chi connectivity index (χ2v) is 10.2. The van der Waals surface area contributed by atoms with Crippen LogP contribution in [0.25, 0.3) is 10.8 Å². The van der Waals surface area contributed by atoms with Crippen LogP contribution in [0.2, 0.25) is 5.02 Å². The molecule has 170 valence electrons. The van der Waals surface area contributed by atoms with Crippen LogP contribution in [0.5, 0.6) is 0 Å². The smallest absolute Gasteiger partial charge is 0.189 e. The molecule has 2 spiro atoms. The molecule has 2 unspecified atom stereocenters. The standard InChI is InChI=1S/C30H20ClNO3/c1-32-16-24(17-12-14-19(31)15-13-17)29(26(33)20-8-2-3-9-21(20)27(29)34)30(32)23-11-5-7-18-6-4-10-22(25(18)23)28(30)35/h2-15,24H,16H2,1H3. The molecule has 4 aromatic rings. The number of benzene rings is 4. The molecule has 1 aliphatic heterocycles. The summed E-state index contributed by atoms with van der Waals surface area (Å²) in [6, 6.07) is 25.7. The molecule has 4 aromatic carbocycles. The molecule has 4 nitrogen and oxygen atoms in total. The fourth-order valence-electron chi connectivity index (χ4n) is 7.12. The highest BCUT2D eigenvalue weighted by Gasteiger charge is 2.78. The summed E-state index contributed by atoms with van der Waals surface area (Å²) in [7, 11) is 1.86. The fraction of sp³-hybridized carbons (Fsp3) is 0.167. The van der Waals surface area contributed by atoms with E-state index in [-0.39, 0.29) is 17.3 Å². The summed E-state index contributed by atoms with van der Waals surface area (Å²) in [5.41, 5.74) is -0.147. The van der Waals surface area contributed by atoms with Gasteiger partial charge in [0.1, 0.15) is 11.0 Å². The largest absolute Gasteiger partial charge is 0.293 e. The molecular formula is C30H20ClNO3. The zero-order valence-electron chi connectivity index (χ0n) is 18.9. The molecule has 1 heterocycles. The quantitative estimate of drug-likeness (QED) is 0.331. The predicted molar refractivity (Wildman–Crippen MR) is 134 cm³/mol. The number of carbonyl (C=O) groups excluding carboxylic acids is 3. The molecule has 0 radical (unpaired) electrons. The van der Waals surface area contributed by atoms with Gasteiger partial charge in [-0.3, -0.25) is 19.3 Å². The van der Waals surface area contributed by atoms with Gasteiger partial charge < -0.3 is 0 Å². The molecule has 2 aliphatic carbocycles. The first-order valence-corrected chi connectivity index (χ1v) is 12.0. The molecule has 0 bridgehead atoms. The number of ketones is 3. The number of Topliss-reactive ketones (excluding diaryl/α,β-unsaturated/α-hetero) is 3. The Kier molecular flexibility index (Phi) is 4.00. The summed E-state index contributed by atoms with van der Waals surface area (Å²) in [6.07, 6.45) is 0. The van der Waals surface area contributed by atoms with Crippen LogP contribution in [0.15, 0.2) is 84.9 Å². The number of nitrogens with zero attached hydrogens (tertiary/aromatic N) is 1. The lowest BCUT2D eigenvalue weighted by Gasteiger charge is -2.43. The van der Waals surface area contributed by atoms with E-state index in [2.05, 4.69) is 0 Å². The van der Waals surface area contributed by atoms with Gasteiger partial charge in [-0.05, 0) is 41.1 Å². The van der Waals surface area contributed by atoms with E-state index in [1.807, 2.05) is 60.5 Å². The molecule has 1 fully saturated rings. The van der Waals surface area contributed by atoms with Gasteiger partial charge in [0, 0.05) is 34.2 Å². The lowest BCUT2D eigenvalue weighted by molar-refractivity contribution is 0.0320. The zero-order chi connectivity index (χ0) is 24.1. The first-order chi connectivity index (χ1) is 16.9. The summed E-state index contributed by atoms with van der Waals surface area (Å²) < 4.78 is 0. The van der Waals surface area contributed by atoms with Crippen LogP contribution >= 0.6 is 11.6 Å². The van der Waals surface area contributed by atoms with Gasteiger partial charge in [0.25, 0.3) is 0 Å². The number of likely N-dealkylation sites (N-methyl/N-ethyl adjacent to an activating group) is 1. The van der Waals surface area contributed by atoms with Crippen LogP contribution in [-0.4, -0.2) is 35.8 Å². The maximum atomic E-state index is 14.6. The molecule has 7 rings (SSSR count). The first-order valence-electron chi connectivity index (χ1n) is 11.7. The molecule has 0 saturated carbocycles. The summed E-state index contributed by atoms with van der Waals surface area (Å²) >= 11 is 6.19. The van der Waals surface area contributed by atoms with E-state index < -0.39 is 16.9 Å². The van der Waals surface area contributed by atoms with Gasteiger partial charge in [0.05, 0.1) is 0 Å². The molecule has 2 atom stereocenters. The van der Waals surface area contributed by atoms with Gasteiger partial charge in [-0.2, -0.15) is 0 Å². The van der Waals surface area contributed by atoms with E-state index in [9.17, 15) is 14.4 Å². The van der Waals surface area contributed by atoms with Crippen molar-refractivity contribution >= 4 is 39.7 Å². The Morgan fingerprint density at radius 2 is 1.34 bits per heavy atom. The van der Waals surface area contributed by atoms with Gasteiger partial charge in [0.15, 0.2) is 17.3 Å². The minimum atomic E-state index is -1.62. The summed E-state index contributed by atoms with van der Waals surface area (Å²) in [5.74, 6) is -1.26. The third-order valence-corrected chi connectivity index (χ3v) is 8.65. The Bertz CT molecular complexity index is 1580. The van der Waals surface area contributed by atoms with E-state index in [4.69, 9.17) is 11.6 Å². The van der Waals surface area contributed by atoms with Gasteiger partial charge in [0.2, 0.25) is 0 Å². The molecule has 5 heteroatoms. The molecule has 1 saturated heterocycles. The summed E-state index contributed by atoms with van der Waals surface area (Å²) in [4.78, 5) is 45.7. The predicted octanol–water partition coefficient (Wildman–Crippen LogP) is 5.68. The van der Waals surface area contributed by atoms with Crippen molar-refractivity contribution in [1.29, 1.82) is 0 Å². The van der Waals surface area contributed by atoms with Crippen molar-refractivity contribution in [2.24, 2.45) is 5.41 Å². The highest BCUT2D eigenvalue weighted by molar-refractivity contribution is 6.36. The SMILES string of the molecule is CN1CC(c2ccc(Cl)cc2)C2(C(=O)c3ccccc3C2=O)C12C(=O)c1cccc3cccc2c13. The van der Waals surface area contributed by atoms with Gasteiger partial charge in [-0.25, -0.2) is 0 Å². The van der Waals surface area contributed by atoms with Crippen molar-refractivity contribution in [2.45, 2.75) is 11.5 Å². The number of carbonyl (C=O) groups is 3. The molecule has 0 aromatic heterocycles. The maximum Gasteiger partial charge on any atom is 0.189 e. The number of hydrogen-bond acceptors (Lipinski definition) is 4. The third kappa shape index (κ3) is 2.17. The van der Waals surface area contributed by atoms with E-state index in [1.54, 1.807) is 36.4 Å². The Labute approximate surface area is 207 Å². The highest BCUT2D eigenvalue weighted by atomic mass is 35.5. The lowest BCUT2D eigenvalue weighted by atomic mass is 9.57. The Morgan fingerprint density at radius 1 is 0.743 bits per heavy atom. The van der Waals surface area contributed by atoms with Crippen molar-refractivity contribution in [2.75, 3.05) is 13.6 Å². The normalized spacial score (nSPS) is 24.3. The Hall–Kier alpha value is -3.60. The Balaban J connectivity index is 1.62. The minimum Gasteiger partial charge on any atom is -0.293 e. The van der Waals surface area contributed by atoms with Crippen LogP contribution in [0.1, 0.15) is 48.1 Å². The summed E-state index contributed by atoms with van der Waals surface area (Å²) in [5, 5.41) is 2.34. The third-order valence-electron chi connectivity index (χ3n) is 8.40. The topological polar surface area (TPSA) is 54.5 Å². The van der Waals surface area contributed by atoms with Crippen LogP contribution in [-0.2, 0) is 5.54 Å². The van der Waals surface area contributed by atoms with Crippen LogP contribution in [0.4, 0.5) is 0 Å². The fourth-order valence-corrected chi connectivity index (χ4v) is 7.25. The van der Waals surface area contributed by atoms with Gasteiger partial charge >= 0.3 is 0 Å². The molecule has 0 N–H and O–H groups in total. The van der Waals surface area contributed by atoms with Crippen molar-refractivity contribution in [3.63, 3.8) is 0 Å². The number of halogens is 1. The van der Waals surface area contributed by atoms with Crippen LogP contribution < -0.4 is 0 Å². The monoisotopic (exact) mass is 477 g/mol. The molecule has 3 aliphatic rings. The Morgan fingerprint density at radius 3 is 2.00 bits per heavy atom. The first kappa shape index (κ1) is 20.7. The summed E-state index contributed by atoms with van der Waals surface area (Å²) in [6.45, 7) is 0.378. The van der Waals surface area contributed by atoms with Gasteiger partial charge in [-0.1, -0.05) is 84.4 Å². The minimum absolute atomic E-state index is 0.183. The molecule has 0 amide bonds. The van der Waals surface area contributed by atoms with Crippen molar-refractivity contribution in [1.82, 2.24) is 4.90 Å². The van der Waals surface area contributed by atoms with Crippen LogP contribution in [0, 0.1) is 5.41 Å². The number of likely N-dealkylation sites (tertiary alicyclic amines) is 1. The van der Waals surface area contributed by atoms with E-state index in [0.29, 0.717) is 28.3 Å². The van der Waals surface area contributed by atoms with Crippen molar-refractivity contribution in [3.8, 4) is 0 Å². The maximum absolute atomic E-state index is 14.6. The second kappa shape index (κ2) is 6.75. The highest BCUT2D eigenvalue weighted by Crippen LogP contribution is 2.67.